The van der Waals surface area contributed by atoms with E-state index in [1.165, 1.54) is 46.0 Å². The van der Waals surface area contributed by atoms with Crippen LogP contribution < -0.4 is 9.80 Å². The number of rotatable bonds is 10. The van der Waals surface area contributed by atoms with E-state index in [9.17, 15) is 32.8 Å². The van der Waals surface area contributed by atoms with Crippen molar-refractivity contribution in [2.75, 3.05) is 16.1 Å². The van der Waals surface area contributed by atoms with Gasteiger partial charge in [0.2, 0.25) is 11.8 Å². The van der Waals surface area contributed by atoms with Crippen LogP contribution in [0.3, 0.4) is 0 Å². The number of carbonyl (C=O) groups is 3. The molecule has 44 heavy (non-hydrogen) atoms. The van der Waals surface area contributed by atoms with Crippen molar-refractivity contribution in [3.63, 3.8) is 0 Å². The van der Waals surface area contributed by atoms with E-state index in [1.807, 2.05) is 6.07 Å². The predicted molar refractivity (Wildman–Crippen MR) is 161 cm³/mol. The van der Waals surface area contributed by atoms with Crippen molar-refractivity contribution in [1.29, 1.82) is 5.26 Å². The molecule has 7 nitrogen and oxygen atoms in total. The van der Waals surface area contributed by atoms with Gasteiger partial charge in [0.1, 0.15) is 23.7 Å². The third-order valence-electron chi connectivity index (χ3n) is 7.96. The maximum absolute atomic E-state index is 15.0. The summed E-state index contributed by atoms with van der Waals surface area (Å²) in [5.41, 5.74) is 0.589. The standard InChI is InChI=1S/C32H28ClF3N4O3S/c1-44-23-14-21(34)13-22(15-23)39(31(43)26-7-9-29(42)40(26)28-12-19(18-37)10-11-38-28)30(24-4-2-3-5-25(24)33)27(41)8-6-20-16-32(35,36)17-20/h2-5,10-15,20,26,30H,6-9,16-17H2,1H3/t26-,30?/m0/s1. The first-order valence-corrected chi connectivity index (χ1v) is 15.6. The molecular weight excluding hydrogens is 613 g/mol. The molecule has 5 rings (SSSR count). The summed E-state index contributed by atoms with van der Waals surface area (Å²) in [6, 6.07) is 12.9. The van der Waals surface area contributed by atoms with Gasteiger partial charge < -0.3 is 0 Å². The first-order valence-electron chi connectivity index (χ1n) is 14.0. The highest BCUT2D eigenvalue weighted by molar-refractivity contribution is 7.98. The molecule has 228 valence electrons. The zero-order valence-corrected chi connectivity index (χ0v) is 25.3. The number of thioether (sulfide) groups is 1. The number of Topliss-reactive ketones (excluding diaryl/α,β-unsaturated/α-hetero) is 1. The Morgan fingerprint density at radius 2 is 1.95 bits per heavy atom. The van der Waals surface area contributed by atoms with Crippen LogP contribution in [0.5, 0.6) is 0 Å². The molecule has 0 spiro atoms. The summed E-state index contributed by atoms with van der Waals surface area (Å²) in [5, 5.41) is 9.58. The largest absolute Gasteiger partial charge is 0.297 e. The Labute approximate surface area is 262 Å². The lowest BCUT2D eigenvalue weighted by Crippen LogP contribution is -2.50. The summed E-state index contributed by atoms with van der Waals surface area (Å²) in [7, 11) is 0. The number of pyridine rings is 1. The number of anilines is 2. The zero-order chi connectivity index (χ0) is 31.6. The van der Waals surface area contributed by atoms with E-state index in [-0.39, 0.29) is 72.1 Å². The molecule has 2 aliphatic rings. The molecule has 2 aromatic carbocycles. The lowest BCUT2D eigenvalue weighted by molar-refractivity contribution is -0.129. The van der Waals surface area contributed by atoms with Crippen molar-refractivity contribution < 1.29 is 27.6 Å². The molecule has 2 fully saturated rings. The highest BCUT2D eigenvalue weighted by Crippen LogP contribution is 2.45. The number of ketones is 1. The van der Waals surface area contributed by atoms with Crippen molar-refractivity contribution in [2.24, 2.45) is 5.92 Å². The molecule has 0 N–H and O–H groups in total. The van der Waals surface area contributed by atoms with E-state index in [0.29, 0.717) is 4.90 Å². The van der Waals surface area contributed by atoms with Gasteiger partial charge in [0.15, 0.2) is 5.78 Å². The van der Waals surface area contributed by atoms with Crippen LogP contribution in [0.4, 0.5) is 24.7 Å². The van der Waals surface area contributed by atoms with Gasteiger partial charge in [-0.2, -0.15) is 5.26 Å². The number of halogens is 4. The Morgan fingerprint density at radius 1 is 1.20 bits per heavy atom. The molecule has 1 aliphatic heterocycles. The van der Waals surface area contributed by atoms with Crippen molar-refractivity contribution >= 4 is 52.5 Å². The van der Waals surface area contributed by atoms with Crippen molar-refractivity contribution in [3.05, 3.63) is 82.8 Å². The van der Waals surface area contributed by atoms with Crippen LogP contribution in [-0.2, 0) is 14.4 Å². The normalized spacial score (nSPS) is 18.4. The van der Waals surface area contributed by atoms with E-state index in [4.69, 9.17) is 11.6 Å². The van der Waals surface area contributed by atoms with Gasteiger partial charge >= 0.3 is 0 Å². The zero-order valence-electron chi connectivity index (χ0n) is 23.7. The molecule has 1 saturated heterocycles. The van der Waals surface area contributed by atoms with Crippen LogP contribution in [0, 0.1) is 23.1 Å². The number of nitriles is 1. The molecule has 1 aromatic heterocycles. The minimum Gasteiger partial charge on any atom is -0.297 e. The third kappa shape index (κ3) is 6.61. The monoisotopic (exact) mass is 640 g/mol. The van der Waals surface area contributed by atoms with Crippen LogP contribution in [0.1, 0.15) is 55.7 Å². The van der Waals surface area contributed by atoms with Crippen molar-refractivity contribution in [3.8, 4) is 6.07 Å². The van der Waals surface area contributed by atoms with Crippen LogP contribution in [0.15, 0.2) is 65.7 Å². The molecule has 2 heterocycles. The molecule has 1 unspecified atom stereocenters. The fourth-order valence-electron chi connectivity index (χ4n) is 5.82. The molecule has 0 bridgehead atoms. The van der Waals surface area contributed by atoms with Gasteiger partial charge in [0.25, 0.3) is 5.91 Å². The Balaban J connectivity index is 1.61. The lowest BCUT2D eigenvalue weighted by atomic mass is 9.77. The lowest BCUT2D eigenvalue weighted by Gasteiger charge is -2.37. The number of alkyl halides is 2. The number of hydrogen-bond donors (Lipinski definition) is 0. The quantitative estimate of drug-likeness (QED) is 0.219. The van der Waals surface area contributed by atoms with Gasteiger partial charge in [-0.15, -0.1) is 11.8 Å². The summed E-state index contributed by atoms with van der Waals surface area (Å²) >= 11 is 7.83. The SMILES string of the molecule is CSc1cc(F)cc(N(C(=O)[C@@H]2CCC(=O)N2c2cc(C#N)ccn2)C(C(=O)CCC2CC(F)(F)C2)c2ccccc2Cl)c1. The minimum atomic E-state index is -2.75. The number of carbonyl (C=O) groups excluding carboxylic acids is 3. The Hall–Kier alpha value is -3.88. The second-order valence-corrected chi connectivity index (χ2v) is 12.2. The van der Waals surface area contributed by atoms with Crippen LogP contribution >= 0.6 is 23.4 Å². The predicted octanol–water partition coefficient (Wildman–Crippen LogP) is 7.13. The first kappa shape index (κ1) is 31.5. The van der Waals surface area contributed by atoms with Gasteiger partial charge in [-0.3, -0.25) is 24.2 Å². The minimum absolute atomic E-state index is 0.00250. The van der Waals surface area contributed by atoms with E-state index in [2.05, 4.69) is 4.98 Å². The average molecular weight is 641 g/mol. The molecule has 1 saturated carbocycles. The number of hydrogen-bond acceptors (Lipinski definition) is 6. The summed E-state index contributed by atoms with van der Waals surface area (Å²) in [4.78, 5) is 49.0. The summed E-state index contributed by atoms with van der Waals surface area (Å²) in [6.07, 6.45) is 2.63. The average Bonchev–Trinajstić information content (AvgIpc) is 3.38. The Kier molecular flexibility index (Phi) is 9.32. The maximum Gasteiger partial charge on any atom is 0.251 e. The maximum atomic E-state index is 15.0. The molecule has 3 aromatic rings. The number of nitrogens with zero attached hydrogens (tertiary/aromatic N) is 4. The fraction of sp³-hybridized carbons (Fsp3) is 0.344. The van der Waals surface area contributed by atoms with Gasteiger partial charge in [-0.1, -0.05) is 29.8 Å². The Bertz CT molecular complexity index is 1640. The van der Waals surface area contributed by atoms with E-state index in [1.54, 1.807) is 36.6 Å². The highest BCUT2D eigenvalue weighted by atomic mass is 35.5. The van der Waals surface area contributed by atoms with E-state index < -0.39 is 41.4 Å². The second-order valence-electron chi connectivity index (χ2n) is 10.9. The van der Waals surface area contributed by atoms with E-state index >= 15 is 0 Å². The van der Waals surface area contributed by atoms with Crippen LogP contribution in [0.25, 0.3) is 0 Å². The topological polar surface area (TPSA) is 94.4 Å². The number of aromatic nitrogens is 1. The second kappa shape index (κ2) is 13.0. The molecule has 2 atom stereocenters. The van der Waals surface area contributed by atoms with Crippen LogP contribution in [0.2, 0.25) is 5.02 Å². The molecular formula is C32H28ClF3N4O3S. The molecule has 0 radical (unpaired) electrons. The molecule has 12 heteroatoms. The Morgan fingerprint density at radius 3 is 2.64 bits per heavy atom. The fourth-order valence-corrected chi connectivity index (χ4v) is 6.53. The third-order valence-corrected chi connectivity index (χ3v) is 9.01. The van der Waals surface area contributed by atoms with Gasteiger partial charge in [-0.25, -0.2) is 18.2 Å². The van der Waals surface area contributed by atoms with Gasteiger partial charge in [-0.05, 0) is 61.4 Å². The van der Waals surface area contributed by atoms with E-state index in [0.717, 1.165) is 6.07 Å². The summed E-state index contributed by atoms with van der Waals surface area (Å²) in [5.74, 6) is -5.17. The van der Waals surface area contributed by atoms with Crippen molar-refractivity contribution in [2.45, 2.75) is 61.4 Å². The smallest absolute Gasteiger partial charge is 0.251 e. The summed E-state index contributed by atoms with van der Waals surface area (Å²) in [6.45, 7) is 0. The summed E-state index contributed by atoms with van der Waals surface area (Å²) < 4.78 is 42.1. The number of benzene rings is 2. The first-order chi connectivity index (χ1) is 21.0. The molecule has 1 aliphatic carbocycles. The van der Waals surface area contributed by atoms with Gasteiger partial charge in [0, 0.05) is 53.0 Å². The molecule has 2 amide bonds. The highest BCUT2D eigenvalue weighted by Gasteiger charge is 2.47. The number of amides is 2. The van der Waals surface area contributed by atoms with Crippen molar-refractivity contribution in [1.82, 2.24) is 4.98 Å². The van der Waals surface area contributed by atoms with Gasteiger partial charge in [0.05, 0.1) is 11.6 Å². The van der Waals surface area contributed by atoms with Crippen LogP contribution in [-0.4, -0.2) is 40.8 Å².